The standard InChI is InChI=1S/C16H15BrO/c1-10-4-5-11(2)14(8-10)16(18)13-7-6-12(3)15(17)9-13/h4-9H,1-3H3. The van der Waals surface area contributed by atoms with Gasteiger partial charge in [-0.2, -0.15) is 0 Å². The molecule has 2 aromatic carbocycles. The highest BCUT2D eigenvalue weighted by Crippen LogP contribution is 2.21. The van der Waals surface area contributed by atoms with E-state index in [1.807, 2.05) is 57.2 Å². The van der Waals surface area contributed by atoms with Gasteiger partial charge in [0.25, 0.3) is 0 Å². The van der Waals surface area contributed by atoms with Gasteiger partial charge in [-0.15, -0.1) is 0 Å². The fourth-order valence-corrected chi connectivity index (χ4v) is 2.25. The monoisotopic (exact) mass is 302 g/mol. The SMILES string of the molecule is Cc1ccc(C)c(C(=O)c2ccc(C)c(Br)c2)c1. The number of carbonyl (C=O) groups is 1. The van der Waals surface area contributed by atoms with Crippen molar-refractivity contribution in [3.63, 3.8) is 0 Å². The average Bonchev–Trinajstić information content (AvgIpc) is 2.35. The van der Waals surface area contributed by atoms with E-state index in [1.54, 1.807) is 0 Å². The number of halogens is 1. The van der Waals surface area contributed by atoms with Crippen molar-refractivity contribution >= 4 is 21.7 Å². The summed E-state index contributed by atoms with van der Waals surface area (Å²) in [4.78, 5) is 12.5. The predicted octanol–water partition coefficient (Wildman–Crippen LogP) is 4.61. The fourth-order valence-electron chi connectivity index (χ4n) is 1.87. The van der Waals surface area contributed by atoms with Crippen LogP contribution in [0.2, 0.25) is 0 Å². The molecule has 2 rings (SSSR count). The molecule has 0 radical (unpaired) electrons. The quantitative estimate of drug-likeness (QED) is 0.741. The molecule has 0 heterocycles. The van der Waals surface area contributed by atoms with Gasteiger partial charge in [0.1, 0.15) is 0 Å². The lowest BCUT2D eigenvalue weighted by Crippen LogP contribution is -2.04. The molecule has 2 heteroatoms. The van der Waals surface area contributed by atoms with Gasteiger partial charge in [-0.25, -0.2) is 0 Å². The van der Waals surface area contributed by atoms with Crippen molar-refractivity contribution in [3.05, 3.63) is 68.7 Å². The Balaban J connectivity index is 2.47. The van der Waals surface area contributed by atoms with E-state index in [0.29, 0.717) is 0 Å². The molecular weight excluding hydrogens is 288 g/mol. The van der Waals surface area contributed by atoms with Crippen molar-refractivity contribution in [2.24, 2.45) is 0 Å². The van der Waals surface area contributed by atoms with Crippen LogP contribution in [0.3, 0.4) is 0 Å². The van der Waals surface area contributed by atoms with Crippen molar-refractivity contribution in [1.82, 2.24) is 0 Å². The topological polar surface area (TPSA) is 17.1 Å². The third-order valence-electron chi connectivity index (χ3n) is 3.07. The molecule has 0 aliphatic rings. The van der Waals surface area contributed by atoms with Crippen molar-refractivity contribution in [2.45, 2.75) is 20.8 Å². The van der Waals surface area contributed by atoms with E-state index >= 15 is 0 Å². The average molecular weight is 303 g/mol. The zero-order valence-corrected chi connectivity index (χ0v) is 12.3. The summed E-state index contributed by atoms with van der Waals surface area (Å²) in [6, 6.07) is 11.7. The summed E-state index contributed by atoms with van der Waals surface area (Å²) in [7, 11) is 0. The highest BCUT2D eigenvalue weighted by atomic mass is 79.9. The molecule has 1 nitrogen and oxygen atoms in total. The molecule has 0 bridgehead atoms. The van der Waals surface area contributed by atoms with Crippen LogP contribution in [-0.2, 0) is 0 Å². The predicted molar refractivity (Wildman–Crippen MR) is 78.2 cm³/mol. The van der Waals surface area contributed by atoms with Crippen LogP contribution in [0.1, 0.15) is 32.6 Å². The molecule has 0 saturated carbocycles. The number of hydrogen-bond donors (Lipinski definition) is 0. The molecule has 0 atom stereocenters. The number of hydrogen-bond acceptors (Lipinski definition) is 1. The molecule has 2 aromatic rings. The highest BCUT2D eigenvalue weighted by molar-refractivity contribution is 9.10. The second kappa shape index (κ2) is 5.07. The first-order chi connectivity index (χ1) is 8.49. The minimum atomic E-state index is 0.0805. The summed E-state index contributed by atoms with van der Waals surface area (Å²) >= 11 is 3.47. The molecule has 0 saturated heterocycles. The summed E-state index contributed by atoms with van der Waals surface area (Å²) in [5.41, 5.74) is 4.76. The molecule has 0 aliphatic carbocycles. The Bertz CT molecular complexity index is 614. The Morgan fingerprint density at radius 1 is 0.944 bits per heavy atom. The van der Waals surface area contributed by atoms with Crippen LogP contribution in [0.4, 0.5) is 0 Å². The summed E-state index contributed by atoms with van der Waals surface area (Å²) in [6.45, 7) is 5.98. The summed E-state index contributed by atoms with van der Waals surface area (Å²) in [5, 5.41) is 0. The zero-order valence-electron chi connectivity index (χ0n) is 10.8. The van der Waals surface area contributed by atoms with Crippen molar-refractivity contribution < 1.29 is 4.79 Å². The van der Waals surface area contributed by atoms with Gasteiger partial charge < -0.3 is 0 Å². The van der Waals surface area contributed by atoms with E-state index in [0.717, 1.165) is 32.3 Å². The maximum Gasteiger partial charge on any atom is 0.193 e. The normalized spacial score (nSPS) is 10.4. The van der Waals surface area contributed by atoms with E-state index in [-0.39, 0.29) is 5.78 Å². The number of rotatable bonds is 2. The molecule has 92 valence electrons. The first-order valence-electron chi connectivity index (χ1n) is 5.87. The van der Waals surface area contributed by atoms with Crippen molar-refractivity contribution in [1.29, 1.82) is 0 Å². The second-order valence-electron chi connectivity index (χ2n) is 4.61. The van der Waals surface area contributed by atoms with Crippen molar-refractivity contribution in [2.75, 3.05) is 0 Å². The Kier molecular flexibility index (Phi) is 3.67. The van der Waals surface area contributed by atoms with Gasteiger partial charge in [-0.1, -0.05) is 45.8 Å². The van der Waals surface area contributed by atoms with Crippen LogP contribution in [-0.4, -0.2) is 5.78 Å². The van der Waals surface area contributed by atoms with E-state index in [1.165, 1.54) is 0 Å². The van der Waals surface area contributed by atoms with Crippen molar-refractivity contribution in [3.8, 4) is 0 Å². The van der Waals surface area contributed by atoms with Crippen LogP contribution < -0.4 is 0 Å². The van der Waals surface area contributed by atoms with E-state index in [2.05, 4.69) is 15.9 Å². The van der Waals surface area contributed by atoms with Crippen LogP contribution in [0.15, 0.2) is 40.9 Å². The summed E-state index contributed by atoms with van der Waals surface area (Å²) < 4.78 is 0.971. The van der Waals surface area contributed by atoms with Gasteiger partial charge in [0.05, 0.1) is 0 Å². The minimum absolute atomic E-state index is 0.0805. The lowest BCUT2D eigenvalue weighted by molar-refractivity contribution is 0.103. The Morgan fingerprint density at radius 2 is 1.61 bits per heavy atom. The number of ketones is 1. The maximum atomic E-state index is 12.5. The second-order valence-corrected chi connectivity index (χ2v) is 5.47. The highest BCUT2D eigenvalue weighted by Gasteiger charge is 2.12. The summed E-state index contributed by atoms with van der Waals surface area (Å²) in [6.07, 6.45) is 0. The van der Waals surface area contributed by atoms with Gasteiger partial charge in [-0.05, 0) is 44.0 Å². The first-order valence-corrected chi connectivity index (χ1v) is 6.66. The smallest absolute Gasteiger partial charge is 0.193 e. The van der Waals surface area contributed by atoms with E-state index in [4.69, 9.17) is 0 Å². The fraction of sp³-hybridized carbons (Fsp3) is 0.188. The van der Waals surface area contributed by atoms with Gasteiger partial charge in [-0.3, -0.25) is 4.79 Å². The van der Waals surface area contributed by atoms with Crippen LogP contribution >= 0.6 is 15.9 Å². The number of aryl methyl sites for hydroxylation is 3. The lowest BCUT2D eigenvalue weighted by Gasteiger charge is -2.07. The molecule has 18 heavy (non-hydrogen) atoms. The third kappa shape index (κ3) is 2.54. The van der Waals surface area contributed by atoms with Gasteiger partial charge >= 0.3 is 0 Å². The van der Waals surface area contributed by atoms with Crippen LogP contribution in [0.25, 0.3) is 0 Å². The molecule has 0 N–H and O–H groups in total. The van der Waals surface area contributed by atoms with Gasteiger partial charge in [0, 0.05) is 15.6 Å². The molecule has 0 spiro atoms. The van der Waals surface area contributed by atoms with Gasteiger partial charge in [0.15, 0.2) is 5.78 Å². The van der Waals surface area contributed by atoms with E-state index in [9.17, 15) is 4.79 Å². The number of benzene rings is 2. The van der Waals surface area contributed by atoms with E-state index < -0.39 is 0 Å². The molecule has 0 aromatic heterocycles. The maximum absolute atomic E-state index is 12.5. The largest absolute Gasteiger partial charge is 0.289 e. The molecule has 0 amide bonds. The van der Waals surface area contributed by atoms with Crippen LogP contribution in [0.5, 0.6) is 0 Å². The Morgan fingerprint density at radius 3 is 2.28 bits per heavy atom. The van der Waals surface area contributed by atoms with Crippen LogP contribution in [0, 0.1) is 20.8 Å². The number of carbonyl (C=O) groups excluding carboxylic acids is 1. The third-order valence-corrected chi connectivity index (χ3v) is 3.93. The first kappa shape index (κ1) is 13.0. The lowest BCUT2D eigenvalue weighted by atomic mass is 9.97. The summed E-state index contributed by atoms with van der Waals surface area (Å²) in [5.74, 6) is 0.0805. The molecule has 0 aliphatic heterocycles. The van der Waals surface area contributed by atoms with Gasteiger partial charge in [0.2, 0.25) is 0 Å². The Labute approximate surface area is 116 Å². The minimum Gasteiger partial charge on any atom is -0.289 e. The zero-order chi connectivity index (χ0) is 13.3. The molecular formula is C16H15BrO. The molecule has 0 unspecified atom stereocenters. The molecule has 0 fully saturated rings. The Hall–Kier alpha value is -1.41.